The largest absolute Gasteiger partial charge is 0.497 e. The third-order valence-corrected chi connectivity index (χ3v) is 6.40. The molecule has 0 saturated carbocycles. The summed E-state index contributed by atoms with van der Waals surface area (Å²) in [5, 5.41) is 3.07. The summed E-state index contributed by atoms with van der Waals surface area (Å²) in [6, 6.07) is 23.2. The molecule has 0 unspecified atom stereocenters. The molecule has 1 N–H and O–H groups in total. The fraction of sp³-hybridized carbons (Fsp3) is 0.310. The number of carbonyl (C=O) groups is 2. The maximum atomic E-state index is 13.4. The van der Waals surface area contributed by atoms with Crippen LogP contribution in [0.25, 0.3) is 0 Å². The van der Waals surface area contributed by atoms with Gasteiger partial charge < -0.3 is 19.5 Å². The Morgan fingerprint density at radius 1 is 0.944 bits per heavy atom. The monoisotopic (exact) mass is 488 g/mol. The van der Waals surface area contributed by atoms with Crippen molar-refractivity contribution in [2.45, 2.75) is 31.8 Å². The number of nitrogens with one attached hydrogen (secondary N) is 1. The second-order valence-corrected chi connectivity index (χ2v) is 8.79. The Morgan fingerprint density at radius 3 is 2.42 bits per heavy atom. The number of hydrogen-bond acceptors (Lipinski definition) is 6. The normalized spacial score (nSPS) is 15.0. The Labute approximate surface area is 212 Å². The molecule has 0 bridgehead atoms. The number of amides is 1. The predicted molar refractivity (Wildman–Crippen MR) is 138 cm³/mol. The van der Waals surface area contributed by atoms with Crippen LogP contribution in [0.4, 0.5) is 5.69 Å². The number of carbonyl (C=O) groups excluding carboxylic acids is 2. The van der Waals surface area contributed by atoms with Gasteiger partial charge in [0, 0.05) is 12.2 Å². The molecule has 1 amide bonds. The summed E-state index contributed by atoms with van der Waals surface area (Å²) in [5.74, 6) is 0.902. The van der Waals surface area contributed by atoms with E-state index in [2.05, 4.69) is 27.1 Å². The molecule has 1 heterocycles. The lowest BCUT2D eigenvalue weighted by Gasteiger charge is -2.36. The molecule has 0 fully saturated rings. The average molecular weight is 489 g/mol. The summed E-state index contributed by atoms with van der Waals surface area (Å²) < 4.78 is 15.5. The molecule has 1 atom stereocenters. The van der Waals surface area contributed by atoms with Gasteiger partial charge in [0.15, 0.2) is 6.61 Å². The third kappa shape index (κ3) is 6.64. The van der Waals surface area contributed by atoms with E-state index < -0.39 is 5.97 Å². The molecular formula is C29H32N2O5. The van der Waals surface area contributed by atoms with Gasteiger partial charge in [0.25, 0.3) is 0 Å². The fourth-order valence-electron chi connectivity index (χ4n) is 4.43. The molecule has 0 aromatic heterocycles. The lowest BCUT2D eigenvalue weighted by atomic mass is 9.92. The van der Waals surface area contributed by atoms with Crippen LogP contribution in [-0.2, 0) is 33.7 Å². The van der Waals surface area contributed by atoms with Gasteiger partial charge in [-0.1, -0.05) is 36.4 Å². The van der Waals surface area contributed by atoms with Crippen LogP contribution in [-0.4, -0.2) is 50.2 Å². The molecule has 36 heavy (non-hydrogen) atoms. The van der Waals surface area contributed by atoms with Crippen LogP contribution >= 0.6 is 0 Å². The number of fused-ring (bicyclic) bond motifs is 1. The van der Waals surface area contributed by atoms with E-state index in [-0.39, 0.29) is 18.6 Å². The summed E-state index contributed by atoms with van der Waals surface area (Å²) in [6.45, 7) is 1.27. The lowest BCUT2D eigenvalue weighted by molar-refractivity contribution is -0.142. The van der Waals surface area contributed by atoms with Crippen LogP contribution < -0.4 is 14.8 Å². The van der Waals surface area contributed by atoms with Crippen LogP contribution in [0.3, 0.4) is 0 Å². The molecule has 7 heteroatoms. The van der Waals surface area contributed by atoms with Crippen molar-refractivity contribution in [3.63, 3.8) is 0 Å². The molecular weight excluding hydrogens is 456 g/mol. The van der Waals surface area contributed by atoms with Gasteiger partial charge in [0.1, 0.15) is 11.5 Å². The average Bonchev–Trinajstić information content (AvgIpc) is 2.92. The first-order chi connectivity index (χ1) is 17.6. The number of benzene rings is 3. The minimum atomic E-state index is -0.425. The highest BCUT2D eigenvalue weighted by molar-refractivity contribution is 5.95. The van der Waals surface area contributed by atoms with Crippen molar-refractivity contribution in [1.82, 2.24) is 4.90 Å². The van der Waals surface area contributed by atoms with Gasteiger partial charge in [0.05, 0.1) is 20.3 Å². The maximum Gasteiger partial charge on any atom is 0.343 e. The van der Waals surface area contributed by atoms with Gasteiger partial charge in [-0.05, 0) is 78.9 Å². The van der Waals surface area contributed by atoms with Crippen molar-refractivity contribution < 1.29 is 23.8 Å². The highest BCUT2D eigenvalue weighted by atomic mass is 16.6. The third-order valence-electron chi connectivity index (χ3n) is 6.40. The molecule has 0 aliphatic carbocycles. The highest BCUT2D eigenvalue weighted by Crippen LogP contribution is 2.28. The van der Waals surface area contributed by atoms with Gasteiger partial charge in [-0.25, -0.2) is 4.79 Å². The zero-order valence-corrected chi connectivity index (χ0v) is 20.7. The first-order valence-corrected chi connectivity index (χ1v) is 12.1. The number of esters is 1. The van der Waals surface area contributed by atoms with Crippen LogP contribution in [0.2, 0.25) is 0 Å². The molecule has 0 spiro atoms. The molecule has 7 nitrogen and oxygen atoms in total. The second kappa shape index (κ2) is 12.2. The van der Waals surface area contributed by atoms with Gasteiger partial charge >= 0.3 is 5.97 Å². The zero-order chi connectivity index (χ0) is 25.3. The van der Waals surface area contributed by atoms with E-state index in [0.717, 1.165) is 42.0 Å². The quantitative estimate of drug-likeness (QED) is 0.430. The Bertz CT molecular complexity index is 1160. The molecule has 188 valence electrons. The summed E-state index contributed by atoms with van der Waals surface area (Å²) >= 11 is 0. The minimum Gasteiger partial charge on any atom is -0.497 e. The molecule has 3 aromatic carbocycles. The number of anilines is 1. The Hall–Kier alpha value is -3.84. The second-order valence-electron chi connectivity index (χ2n) is 8.79. The van der Waals surface area contributed by atoms with Gasteiger partial charge in [-0.2, -0.15) is 0 Å². The van der Waals surface area contributed by atoms with E-state index in [1.807, 2.05) is 60.7 Å². The van der Waals surface area contributed by atoms with Crippen molar-refractivity contribution >= 4 is 17.6 Å². The van der Waals surface area contributed by atoms with E-state index in [0.29, 0.717) is 18.7 Å². The van der Waals surface area contributed by atoms with E-state index in [1.54, 1.807) is 7.11 Å². The Morgan fingerprint density at radius 2 is 1.69 bits per heavy atom. The van der Waals surface area contributed by atoms with E-state index in [1.165, 1.54) is 12.7 Å². The zero-order valence-electron chi connectivity index (χ0n) is 20.7. The Kier molecular flexibility index (Phi) is 8.57. The van der Waals surface area contributed by atoms with Gasteiger partial charge in [-0.15, -0.1) is 0 Å². The number of methoxy groups -OCH3 is 2. The number of aryl methyl sites for hydroxylation is 1. The molecule has 1 aliphatic heterocycles. The SMILES string of the molecule is COC(=O)COc1ccc2c(c1)CN(CCCc1ccccc1)[C@H](C(=O)Nc1ccc(OC)cc1)C2. The summed E-state index contributed by atoms with van der Waals surface area (Å²) in [7, 11) is 2.95. The van der Waals surface area contributed by atoms with Gasteiger partial charge in [-0.3, -0.25) is 9.69 Å². The predicted octanol–water partition coefficient (Wildman–Crippen LogP) is 4.25. The number of nitrogens with zero attached hydrogens (tertiary/aromatic N) is 1. The molecule has 4 rings (SSSR count). The van der Waals surface area contributed by atoms with E-state index >= 15 is 0 Å². The number of rotatable bonds is 10. The fourth-order valence-corrected chi connectivity index (χ4v) is 4.43. The molecule has 3 aromatic rings. The lowest BCUT2D eigenvalue weighted by Crippen LogP contribution is -2.48. The topological polar surface area (TPSA) is 77.1 Å². The molecule has 0 saturated heterocycles. The van der Waals surface area contributed by atoms with Crippen LogP contribution in [0.5, 0.6) is 11.5 Å². The van der Waals surface area contributed by atoms with Crippen molar-refractivity contribution in [3.05, 3.63) is 89.5 Å². The van der Waals surface area contributed by atoms with Crippen LogP contribution in [0.15, 0.2) is 72.8 Å². The van der Waals surface area contributed by atoms with Crippen molar-refractivity contribution in [2.24, 2.45) is 0 Å². The minimum absolute atomic E-state index is 0.0310. The van der Waals surface area contributed by atoms with Crippen LogP contribution in [0, 0.1) is 0 Å². The van der Waals surface area contributed by atoms with Gasteiger partial charge in [0.2, 0.25) is 5.91 Å². The van der Waals surface area contributed by atoms with Crippen LogP contribution in [0.1, 0.15) is 23.1 Å². The Balaban J connectivity index is 1.48. The molecule has 1 aliphatic rings. The first kappa shape index (κ1) is 25.3. The van der Waals surface area contributed by atoms with E-state index in [4.69, 9.17) is 9.47 Å². The maximum absolute atomic E-state index is 13.4. The number of hydrogen-bond donors (Lipinski definition) is 1. The summed E-state index contributed by atoms with van der Waals surface area (Å²) in [6.07, 6.45) is 2.48. The standard InChI is InChI=1S/C29H32N2O5/c1-34-25-14-11-24(12-15-25)30-29(33)27-18-22-10-13-26(36-20-28(32)35-2)17-23(22)19-31(27)16-6-9-21-7-4-3-5-8-21/h3-5,7-8,10-15,17,27H,6,9,16,18-20H2,1-2H3,(H,30,33)/t27-/m0/s1. The molecule has 0 radical (unpaired) electrons. The highest BCUT2D eigenvalue weighted by Gasteiger charge is 2.31. The summed E-state index contributed by atoms with van der Waals surface area (Å²) in [4.78, 5) is 27.1. The first-order valence-electron chi connectivity index (χ1n) is 12.1. The van der Waals surface area contributed by atoms with Crippen molar-refractivity contribution in [3.8, 4) is 11.5 Å². The van der Waals surface area contributed by atoms with Crippen molar-refractivity contribution in [2.75, 3.05) is 32.7 Å². The van der Waals surface area contributed by atoms with E-state index in [9.17, 15) is 9.59 Å². The number of ether oxygens (including phenoxy) is 3. The van der Waals surface area contributed by atoms with Crippen molar-refractivity contribution in [1.29, 1.82) is 0 Å². The summed E-state index contributed by atoms with van der Waals surface area (Å²) in [5.41, 5.74) is 4.23. The smallest absolute Gasteiger partial charge is 0.343 e.